The van der Waals surface area contributed by atoms with Gasteiger partial charge in [-0.25, -0.2) is 4.98 Å². The van der Waals surface area contributed by atoms with Crippen LogP contribution in [0.1, 0.15) is 30.1 Å². The maximum atomic E-state index is 12.8. The molecule has 3 nitrogen and oxygen atoms in total. The topological polar surface area (TPSA) is 40.7 Å². The molecule has 1 fully saturated rings. The molecular weight excluding hydrogens is 386 g/mol. The highest BCUT2D eigenvalue weighted by atomic mass is 35.5. The van der Waals surface area contributed by atoms with Crippen molar-refractivity contribution in [2.24, 2.45) is 0 Å². The molecule has 1 aliphatic heterocycles. The summed E-state index contributed by atoms with van der Waals surface area (Å²) in [5, 5.41) is 3.54. The standard InChI is InChI=1S/C15H15ClF3N3.2ClH/c16-12-2-1-10(15(17,18)19)7-11(12)13-8-21-14(22-13)9-3-5-20-6-4-9;;/h1-2,7-9,20H,3-6H2,(H,21,22);2*1H. The van der Waals surface area contributed by atoms with Crippen LogP contribution in [0.4, 0.5) is 13.2 Å². The number of aromatic amines is 1. The minimum Gasteiger partial charge on any atom is -0.342 e. The van der Waals surface area contributed by atoms with Gasteiger partial charge in [-0.05, 0) is 44.1 Å². The normalized spacial score (nSPS) is 15.5. The summed E-state index contributed by atoms with van der Waals surface area (Å²) >= 11 is 6.05. The van der Waals surface area contributed by atoms with Crippen LogP contribution in [0.25, 0.3) is 11.3 Å². The van der Waals surface area contributed by atoms with Crippen LogP contribution in [-0.4, -0.2) is 23.1 Å². The molecular formula is C15H17Cl3F3N3. The molecule has 3 rings (SSSR count). The summed E-state index contributed by atoms with van der Waals surface area (Å²) in [6.45, 7) is 1.84. The molecule has 1 aromatic heterocycles. The first kappa shape index (κ1) is 21.1. The van der Waals surface area contributed by atoms with Crippen molar-refractivity contribution in [3.05, 3.63) is 40.8 Å². The number of hydrogen-bond acceptors (Lipinski definition) is 2. The number of halogens is 6. The van der Waals surface area contributed by atoms with E-state index in [0.29, 0.717) is 17.2 Å². The summed E-state index contributed by atoms with van der Waals surface area (Å²) in [7, 11) is 0. The van der Waals surface area contributed by atoms with Crippen LogP contribution in [0.15, 0.2) is 24.4 Å². The Morgan fingerprint density at radius 2 is 1.79 bits per heavy atom. The van der Waals surface area contributed by atoms with Crippen LogP contribution >= 0.6 is 36.4 Å². The fourth-order valence-electron chi connectivity index (χ4n) is 2.68. The van der Waals surface area contributed by atoms with Gasteiger partial charge in [0.2, 0.25) is 0 Å². The zero-order valence-corrected chi connectivity index (χ0v) is 14.9. The molecule has 0 bridgehead atoms. The summed E-state index contributed by atoms with van der Waals surface area (Å²) in [6.07, 6.45) is -0.914. The number of hydrogen-bond donors (Lipinski definition) is 2. The highest BCUT2D eigenvalue weighted by molar-refractivity contribution is 6.33. The van der Waals surface area contributed by atoms with Crippen molar-refractivity contribution < 1.29 is 13.2 Å². The molecule has 1 aliphatic rings. The Morgan fingerprint density at radius 1 is 1.12 bits per heavy atom. The summed E-state index contributed by atoms with van der Waals surface area (Å²) in [5.74, 6) is 1.12. The number of rotatable bonds is 2. The molecule has 0 unspecified atom stereocenters. The van der Waals surface area contributed by atoms with E-state index in [2.05, 4.69) is 15.3 Å². The fraction of sp³-hybridized carbons (Fsp3) is 0.400. The second-order valence-corrected chi connectivity index (χ2v) is 5.81. The third kappa shape index (κ3) is 4.57. The van der Waals surface area contributed by atoms with Gasteiger partial charge in [0.05, 0.1) is 17.5 Å². The molecule has 9 heteroatoms. The minimum absolute atomic E-state index is 0. The SMILES string of the molecule is Cl.Cl.FC(F)(F)c1ccc(Cl)c(-c2cnc(C3CCNCC3)[nH]2)c1. The molecule has 0 amide bonds. The Labute approximate surface area is 155 Å². The molecule has 24 heavy (non-hydrogen) atoms. The molecule has 0 spiro atoms. The van der Waals surface area contributed by atoms with Gasteiger partial charge in [0.15, 0.2) is 0 Å². The lowest BCUT2D eigenvalue weighted by Crippen LogP contribution is -2.27. The van der Waals surface area contributed by atoms with E-state index in [0.717, 1.165) is 43.9 Å². The van der Waals surface area contributed by atoms with Gasteiger partial charge in [-0.1, -0.05) is 11.6 Å². The van der Waals surface area contributed by atoms with Crippen molar-refractivity contribution in [1.29, 1.82) is 0 Å². The van der Waals surface area contributed by atoms with E-state index >= 15 is 0 Å². The molecule has 0 atom stereocenters. The predicted octanol–water partition coefficient (Wildman–Crippen LogP) is 5.06. The quantitative estimate of drug-likeness (QED) is 0.737. The highest BCUT2D eigenvalue weighted by Gasteiger charge is 2.31. The number of imidazole rings is 1. The summed E-state index contributed by atoms with van der Waals surface area (Å²) < 4.78 is 38.5. The third-order valence-corrected chi connectivity index (χ3v) is 4.23. The maximum absolute atomic E-state index is 12.8. The highest BCUT2D eigenvalue weighted by Crippen LogP contribution is 2.36. The zero-order chi connectivity index (χ0) is 15.7. The number of alkyl halides is 3. The first-order valence-electron chi connectivity index (χ1n) is 7.08. The first-order valence-corrected chi connectivity index (χ1v) is 7.45. The number of piperidine rings is 1. The molecule has 1 aromatic carbocycles. The molecule has 0 saturated carbocycles. The van der Waals surface area contributed by atoms with Crippen LogP contribution < -0.4 is 5.32 Å². The van der Waals surface area contributed by atoms with Gasteiger partial charge in [0, 0.05) is 16.5 Å². The largest absolute Gasteiger partial charge is 0.416 e. The second-order valence-electron chi connectivity index (χ2n) is 5.40. The lowest BCUT2D eigenvalue weighted by atomic mass is 9.98. The van der Waals surface area contributed by atoms with Crippen LogP contribution in [0.3, 0.4) is 0 Å². The van der Waals surface area contributed by atoms with Crippen molar-refractivity contribution in [2.45, 2.75) is 24.9 Å². The minimum atomic E-state index is -4.39. The van der Waals surface area contributed by atoms with Crippen molar-refractivity contribution in [3.63, 3.8) is 0 Å². The van der Waals surface area contributed by atoms with Gasteiger partial charge in [-0.15, -0.1) is 24.8 Å². The van der Waals surface area contributed by atoms with Gasteiger partial charge >= 0.3 is 6.18 Å². The maximum Gasteiger partial charge on any atom is 0.416 e. The van der Waals surface area contributed by atoms with Crippen molar-refractivity contribution >= 4 is 36.4 Å². The third-order valence-electron chi connectivity index (χ3n) is 3.91. The fourth-order valence-corrected chi connectivity index (χ4v) is 2.90. The number of H-pyrrole nitrogens is 1. The summed E-state index contributed by atoms with van der Waals surface area (Å²) in [5.41, 5.74) is 0.124. The van der Waals surface area contributed by atoms with E-state index in [1.165, 1.54) is 6.07 Å². The van der Waals surface area contributed by atoms with E-state index in [4.69, 9.17) is 11.6 Å². The number of nitrogens with zero attached hydrogens (tertiary/aromatic N) is 1. The molecule has 2 aromatic rings. The van der Waals surface area contributed by atoms with Gasteiger partial charge < -0.3 is 10.3 Å². The van der Waals surface area contributed by atoms with Gasteiger partial charge in [-0.3, -0.25) is 0 Å². The van der Waals surface area contributed by atoms with Gasteiger partial charge in [0.1, 0.15) is 5.82 Å². The summed E-state index contributed by atoms with van der Waals surface area (Å²) in [4.78, 5) is 7.45. The lowest BCUT2D eigenvalue weighted by Gasteiger charge is -2.20. The molecule has 0 radical (unpaired) electrons. The summed E-state index contributed by atoms with van der Waals surface area (Å²) in [6, 6.07) is 3.31. The molecule has 2 N–H and O–H groups in total. The lowest BCUT2D eigenvalue weighted by molar-refractivity contribution is -0.137. The van der Waals surface area contributed by atoms with Crippen molar-refractivity contribution in [3.8, 4) is 11.3 Å². The first-order chi connectivity index (χ1) is 10.4. The number of benzene rings is 1. The van der Waals surface area contributed by atoms with E-state index in [1.54, 1.807) is 6.20 Å². The average molecular weight is 403 g/mol. The van der Waals surface area contributed by atoms with Gasteiger partial charge in [-0.2, -0.15) is 13.2 Å². The van der Waals surface area contributed by atoms with Gasteiger partial charge in [0.25, 0.3) is 0 Å². The molecule has 0 aliphatic carbocycles. The molecule has 134 valence electrons. The smallest absolute Gasteiger partial charge is 0.342 e. The van der Waals surface area contributed by atoms with Crippen LogP contribution in [-0.2, 0) is 6.18 Å². The average Bonchev–Trinajstić information content (AvgIpc) is 2.97. The Hall–Kier alpha value is -0.950. The van der Waals surface area contributed by atoms with Crippen LogP contribution in [0.2, 0.25) is 5.02 Å². The Bertz CT molecular complexity index is 667. The van der Waals surface area contributed by atoms with E-state index in [1.807, 2.05) is 0 Å². The van der Waals surface area contributed by atoms with E-state index in [9.17, 15) is 13.2 Å². The Balaban J connectivity index is 0.00000144. The Morgan fingerprint density at radius 3 is 2.42 bits per heavy atom. The zero-order valence-electron chi connectivity index (χ0n) is 12.5. The van der Waals surface area contributed by atoms with Crippen LogP contribution in [0, 0.1) is 0 Å². The number of aromatic nitrogens is 2. The van der Waals surface area contributed by atoms with Crippen molar-refractivity contribution in [1.82, 2.24) is 15.3 Å². The Kier molecular flexibility index (Phi) is 7.41. The van der Waals surface area contributed by atoms with Crippen LogP contribution in [0.5, 0.6) is 0 Å². The monoisotopic (exact) mass is 401 g/mol. The van der Waals surface area contributed by atoms with E-state index < -0.39 is 11.7 Å². The van der Waals surface area contributed by atoms with Crippen molar-refractivity contribution in [2.75, 3.05) is 13.1 Å². The number of nitrogens with one attached hydrogen (secondary N) is 2. The second kappa shape index (κ2) is 8.43. The van der Waals surface area contributed by atoms with E-state index in [-0.39, 0.29) is 29.8 Å². The predicted molar refractivity (Wildman–Crippen MR) is 93.4 cm³/mol. The molecule has 2 heterocycles. The molecule has 1 saturated heterocycles.